The number of carboxylic acids is 1. The van der Waals surface area contributed by atoms with Crippen molar-refractivity contribution in [1.82, 2.24) is 0 Å². The summed E-state index contributed by atoms with van der Waals surface area (Å²) in [7, 11) is 1.12. The first-order valence-electron chi connectivity index (χ1n) is 13.7. The summed E-state index contributed by atoms with van der Waals surface area (Å²) >= 11 is 6.35. The number of carbonyl (C=O) groups is 2. The molecule has 2 aliphatic carbocycles. The number of aryl methyl sites for hydroxylation is 1. The smallest absolute Gasteiger partial charge is 0.343 e. The van der Waals surface area contributed by atoms with Crippen molar-refractivity contribution in [2.45, 2.75) is 55.6 Å². The molecule has 0 bridgehead atoms. The third kappa shape index (κ3) is 5.08. The first-order chi connectivity index (χ1) is 19.1. The average molecular weight is 570 g/mol. The van der Waals surface area contributed by atoms with E-state index in [1.165, 1.54) is 17.2 Å². The fourth-order valence-electron chi connectivity index (χ4n) is 6.78. The van der Waals surface area contributed by atoms with E-state index >= 15 is 0 Å². The minimum atomic E-state index is -2.36. The summed E-state index contributed by atoms with van der Waals surface area (Å²) in [6.07, 6.45) is 4.83. The molecule has 5 rings (SSSR count). The van der Waals surface area contributed by atoms with E-state index in [-0.39, 0.29) is 22.8 Å². The molecule has 2 aromatic carbocycles. The van der Waals surface area contributed by atoms with Crippen LogP contribution in [-0.2, 0) is 31.8 Å². The average Bonchev–Trinajstić information content (AvgIpc) is 3.07. The van der Waals surface area contributed by atoms with Gasteiger partial charge < -0.3 is 29.7 Å². The zero-order chi connectivity index (χ0) is 28.7. The van der Waals surface area contributed by atoms with Crippen LogP contribution in [0.2, 0.25) is 5.02 Å². The van der Waals surface area contributed by atoms with Crippen LogP contribution in [0.1, 0.15) is 48.8 Å². The van der Waals surface area contributed by atoms with Crippen LogP contribution in [0.15, 0.2) is 49.1 Å². The minimum absolute atomic E-state index is 0.0840. The number of benzene rings is 2. The maximum absolute atomic E-state index is 12.7. The number of methoxy groups -OCH3 is 1. The van der Waals surface area contributed by atoms with Crippen LogP contribution in [-0.4, -0.2) is 60.2 Å². The molecule has 3 unspecified atom stereocenters. The van der Waals surface area contributed by atoms with Gasteiger partial charge >= 0.3 is 11.9 Å². The lowest BCUT2D eigenvalue weighted by molar-refractivity contribution is -0.169. The van der Waals surface area contributed by atoms with Crippen LogP contribution in [0.5, 0.6) is 5.75 Å². The number of fused-ring (bicyclic) bond motifs is 3. The number of ether oxygens (including phenoxy) is 2. The molecular weight excluding hydrogens is 534 g/mol. The standard InChI is InChI=1S/C31H36ClNO7/c1-3-26(34)23-9-6-20(23)16-33-17-30(12-4-5-19-13-22(32)8-10-24(19)30)18-40-27-11-7-21(14-25(27)33)31(38,15-28(35)36)29(37)39-2/h3,7-8,10-11,13-14,20,23,26,34,38H,1,4-6,9,12,15-18H2,2H3,(H,35,36)/t20?,23?,26-,30-,31?/m0/s1. The normalized spacial score (nSPS) is 25.8. The molecule has 40 heavy (non-hydrogen) atoms. The number of aliphatic hydroxyl groups is 2. The minimum Gasteiger partial charge on any atom is -0.490 e. The Kier molecular flexibility index (Phi) is 7.88. The maximum Gasteiger partial charge on any atom is 0.343 e. The van der Waals surface area contributed by atoms with Crippen LogP contribution >= 0.6 is 11.6 Å². The SMILES string of the molecule is C=C[C@H](O)C1CCC1CN1C[C@@]2(CCCc3cc(Cl)ccc32)COc2ccc(C(O)(CC(=O)O)C(=O)OC)cc21. The molecule has 9 heteroatoms. The third-order valence-electron chi connectivity index (χ3n) is 9.06. The van der Waals surface area contributed by atoms with Crippen LogP contribution in [0, 0.1) is 11.8 Å². The van der Waals surface area contributed by atoms with Crippen molar-refractivity contribution in [1.29, 1.82) is 0 Å². The molecular formula is C31H36ClNO7. The van der Waals surface area contributed by atoms with Crippen LogP contribution in [0.25, 0.3) is 0 Å². The van der Waals surface area contributed by atoms with Gasteiger partial charge in [0.2, 0.25) is 0 Å². The van der Waals surface area contributed by atoms with E-state index < -0.39 is 30.1 Å². The second-order valence-electron chi connectivity index (χ2n) is 11.4. The molecule has 1 fully saturated rings. The Bertz CT molecular complexity index is 1310. The molecule has 1 spiro atoms. The maximum atomic E-state index is 12.7. The molecule has 1 aliphatic heterocycles. The Morgan fingerprint density at radius 3 is 2.77 bits per heavy atom. The van der Waals surface area contributed by atoms with E-state index in [0.717, 1.165) is 39.2 Å². The van der Waals surface area contributed by atoms with Gasteiger partial charge in [0.25, 0.3) is 0 Å². The van der Waals surface area contributed by atoms with Gasteiger partial charge in [0, 0.05) is 23.5 Å². The Labute approximate surface area is 239 Å². The number of nitrogens with zero attached hydrogens (tertiary/aromatic N) is 1. The summed E-state index contributed by atoms with van der Waals surface area (Å²) in [6, 6.07) is 10.9. The van der Waals surface area contributed by atoms with Crippen LogP contribution < -0.4 is 9.64 Å². The van der Waals surface area contributed by atoms with Gasteiger partial charge in [0.05, 0.1) is 31.9 Å². The van der Waals surface area contributed by atoms with Crippen molar-refractivity contribution in [3.05, 3.63) is 70.8 Å². The highest BCUT2D eigenvalue weighted by Crippen LogP contribution is 2.47. The Hall–Kier alpha value is -3.07. The van der Waals surface area contributed by atoms with Gasteiger partial charge in [-0.25, -0.2) is 4.79 Å². The van der Waals surface area contributed by atoms with E-state index in [0.29, 0.717) is 36.2 Å². The van der Waals surface area contributed by atoms with Crippen molar-refractivity contribution in [2.24, 2.45) is 11.8 Å². The van der Waals surface area contributed by atoms with E-state index in [9.17, 15) is 24.9 Å². The molecule has 3 aliphatic rings. The van der Waals surface area contributed by atoms with Crippen molar-refractivity contribution in [2.75, 3.05) is 31.7 Å². The third-order valence-corrected chi connectivity index (χ3v) is 9.29. The van der Waals surface area contributed by atoms with Gasteiger partial charge in [-0.2, -0.15) is 0 Å². The van der Waals surface area contributed by atoms with Gasteiger partial charge in [-0.05, 0) is 84.9 Å². The monoisotopic (exact) mass is 569 g/mol. The molecule has 5 atom stereocenters. The van der Waals surface area contributed by atoms with Gasteiger partial charge in [-0.15, -0.1) is 6.58 Å². The van der Waals surface area contributed by atoms with E-state index in [4.69, 9.17) is 21.1 Å². The molecule has 0 aromatic heterocycles. The number of carboxylic acid groups (broad SMARTS) is 1. The lowest BCUT2D eigenvalue weighted by Gasteiger charge is -2.45. The molecule has 0 radical (unpaired) electrons. The number of aliphatic hydroxyl groups excluding tert-OH is 1. The molecule has 214 valence electrons. The Balaban J connectivity index is 1.59. The molecule has 8 nitrogen and oxygen atoms in total. The van der Waals surface area contributed by atoms with Crippen LogP contribution in [0.3, 0.4) is 0 Å². The number of carbonyl (C=O) groups excluding carboxylic acids is 1. The highest BCUT2D eigenvalue weighted by atomic mass is 35.5. The van der Waals surface area contributed by atoms with Gasteiger partial charge in [-0.1, -0.05) is 29.8 Å². The molecule has 3 N–H and O–H groups in total. The molecule has 0 amide bonds. The number of rotatable bonds is 8. The van der Waals surface area contributed by atoms with Crippen LogP contribution in [0.4, 0.5) is 5.69 Å². The molecule has 0 saturated heterocycles. The zero-order valence-corrected chi connectivity index (χ0v) is 23.4. The summed E-state index contributed by atoms with van der Waals surface area (Å²) in [5.74, 6) is -1.50. The van der Waals surface area contributed by atoms with Crippen molar-refractivity contribution in [3.8, 4) is 5.75 Å². The Morgan fingerprint density at radius 2 is 2.10 bits per heavy atom. The second kappa shape index (κ2) is 11.1. The molecule has 1 saturated carbocycles. The van der Waals surface area contributed by atoms with Gasteiger partial charge in [0.15, 0.2) is 5.60 Å². The van der Waals surface area contributed by atoms with Gasteiger partial charge in [0.1, 0.15) is 5.75 Å². The lowest BCUT2D eigenvalue weighted by Crippen LogP contribution is -2.49. The van der Waals surface area contributed by atoms with Gasteiger partial charge in [-0.3, -0.25) is 4.79 Å². The topological polar surface area (TPSA) is 117 Å². The number of hydrogen-bond donors (Lipinski definition) is 3. The summed E-state index contributed by atoms with van der Waals surface area (Å²) in [6.45, 7) is 5.44. The summed E-state index contributed by atoms with van der Waals surface area (Å²) < 4.78 is 11.3. The quantitative estimate of drug-likeness (QED) is 0.320. The van der Waals surface area contributed by atoms with Crippen molar-refractivity contribution >= 4 is 29.2 Å². The number of esters is 1. The number of halogens is 1. The predicted molar refractivity (Wildman–Crippen MR) is 151 cm³/mol. The zero-order valence-electron chi connectivity index (χ0n) is 22.6. The number of hydrogen-bond acceptors (Lipinski definition) is 7. The highest BCUT2D eigenvalue weighted by Gasteiger charge is 2.46. The van der Waals surface area contributed by atoms with Crippen molar-refractivity contribution in [3.63, 3.8) is 0 Å². The number of aliphatic carboxylic acids is 1. The predicted octanol–water partition coefficient (Wildman–Crippen LogP) is 4.22. The summed E-state index contributed by atoms with van der Waals surface area (Å²) in [4.78, 5) is 26.5. The molecule has 2 aromatic rings. The Morgan fingerprint density at radius 1 is 1.30 bits per heavy atom. The first-order valence-corrected chi connectivity index (χ1v) is 14.1. The number of anilines is 1. The summed E-state index contributed by atoms with van der Waals surface area (Å²) in [5, 5.41) is 32.0. The largest absolute Gasteiger partial charge is 0.490 e. The highest BCUT2D eigenvalue weighted by molar-refractivity contribution is 6.30. The van der Waals surface area contributed by atoms with Crippen molar-refractivity contribution < 1.29 is 34.4 Å². The second-order valence-corrected chi connectivity index (χ2v) is 11.9. The fraction of sp³-hybridized carbons (Fsp3) is 0.484. The summed E-state index contributed by atoms with van der Waals surface area (Å²) in [5.41, 5.74) is 0.512. The first kappa shape index (κ1) is 28.5. The van der Waals surface area contributed by atoms with E-state index in [1.807, 2.05) is 12.1 Å². The van der Waals surface area contributed by atoms with E-state index in [2.05, 4.69) is 17.5 Å². The lowest BCUT2D eigenvalue weighted by atomic mass is 9.68. The van der Waals surface area contributed by atoms with E-state index in [1.54, 1.807) is 18.2 Å². The molecule has 1 heterocycles. The fourth-order valence-corrected chi connectivity index (χ4v) is 6.97.